The summed E-state index contributed by atoms with van der Waals surface area (Å²) in [5.74, 6) is 0. The van der Waals surface area contributed by atoms with Crippen LogP contribution in [0.2, 0.25) is 0 Å². The highest BCUT2D eigenvalue weighted by Gasteiger charge is 2.53. The Hall–Kier alpha value is -7.55. The maximum absolute atomic E-state index is 15.4. The number of hydrogen-bond donors (Lipinski definition) is 0. The summed E-state index contributed by atoms with van der Waals surface area (Å²) >= 11 is 0. The first-order valence-electron chi connectivity index (χ1n) is 20.7. The monoisotopic (exact) mass is 765 g/mol. The van der Waals surface area contributed by atoms with Crippen LogP contribution in [0.15, 0.2) is 200 Å². The Labute approximate surface area is 349 Å². The topological polar surface area (TPSA) is 22.0 Å². The fourth-order valence-electron chi connectivity index (χ4n) is 11.8. The van der Waals surface area contributed by atoms with Crippen molar-refractivity contribution in [2.45, 2.75) is 17.8 Å². The Morgan fingerprint density at radius 1 is 0.467 bits per heavy atom. The van der Waals surface area contributed by atoms with E-state index in [1.54, 1.807) is 6.08 Å². The Morgan fingerprint density at radius 2 is 0.933 bits per heavy atom. The van der Waals surface area contributed by atoms with Crippen molar-refractivity contribution in [1.82, 2.24) is 4.57 Å². The third-order valence-corrected chi connectivity index (χ3v) is 13.9. The lowest BCUT2D eigenvalue weighted by Crippen LogP contribution is -2.28. The lowest BCUT2D eigenvalue weighted by atomic mass is 9.69. The lowest BCUT2D eigenvalue weighted by Gasteiger charge is -2.32. The predicted molar refractivity (Wildman–Crippen MR) is 250 cm³/mol. The quantitative estimate of drug-likeness (QED) is 0.171. The van der Waals surface area contributed by atoms with Crippen LogP contribution in [0.4, 0.5) is 0 Å². The summed E-state index contributed by atoms with van der Waals surface area (Å²) in [5.41, 5.74) is 20.8. The number of nitrogens with zero attached hydrogens (tertiary/aromatic N) is 1. The Morgan fingerprint density at radius 3 is 1.40 bits per heavy atom. The zero-order valence-electron chi connectivity index (χ0n) is 33.3. The van der Waals surface area contributed by atoms with E-state index in [4.69, 9.17) is 0 Å². The van der Waals surface area contributed by atoms with Gasteiger partial charge in [-0.25, -0.2) is 0 Å². The standard InChI is InChI=1S/C58H39NO/c1-5-19-38-37(7-3)56(60)59(35-30-31-44-43-24-13-18-29-52(43)58(53(44)32-35)50-27-16-11-22-41(50)42-23-12-17-28-51(42)58)55-34-54-45(33-46(38)55)36(6-2)47(8-4)57(54)48-25-14-9-20-39(48)40-21-10-15-26-49(40)57/h5-34H,2-4H2,1H3/b19-5-. The molecule has 12 rings (SSSR count). The zero-order valence-corrected chi connectivity index (χ0v) is 33.3. The molecule has 0 aliphatic heterocycles. The van der Waals surface area contributed by atoms with Crippen molar-refractivity contribution in [3.8, 4) is 39.1 Å². The average Bonchev–Trinajstić information content (AvgIpc) is 3.96. The molecule has 2 spiro atoms. The molecule has 4 aliphatic rings. The van der Waals surface area contributed by atoms with Crippen LogP contribution in [-0.4, -0.2) is 4.57 Å². The van der Waals surface area contributed by atoms with Gasteiger partial charge in [0.05, 0.1) is 16.3 Å². The van der Waals surface area contributed by atoms with E-state index >= 15 is 4.79 Å². The summed E-state index contributed by atoms with van der Waals surface area (Å²) in [4.78, 5) is 15.4. The van der Waals surface area contributed by atoms with Gasteiger partial charge in [-0.3, -0.25) is 9.36 Å². The van der Waals surface area contributed by atoms with E-state index in [0.717, 1.165) is 44.4 Å². The molecule has 0 radical (unpaired) electrons. The lowest BCUT2D eigenvalue weighted by molar-refractivity contribution is 0.786. The molecular formula is C58H39NO. The van der Waals surface area contributed by atoms with Crippen LogP contribution in [-0.2, 0) is 10.8 Å². The van der Waals surface area contributed by atoms with Crippen molar-refractivity contribution in [2.24, 2.45) is 0 Å². The molecule has 0 saturated heterocycles. The fraction of sp³-hybridized carbons (Fsp3) is 0.0517. The minimum absolute atomic E-state index is 0.109. The third-order valence-electron chi connectivity index (χ3n) is 13.9. The van der Waals surface area contributed by atoms with Crippen LogP contribution in [0, 0.1) is 0 Å². The maximum atomic E-state index is 15.4. The molecular weight excluding hydrogens is 727 g/mol. The van der Waals surface area contributed by atoms with Crippen molar-refractivity contribution < 1.29 is 0 Å². The Balaban J connectivity index is 1.22. The highest BCUT2D eigenvalue weighted by atomic mass is 16.1. The van der Waals surface area contributed by atoms with Gasteiger partial charge in [-0.05, 0) is 126 Å². The van der Waals surface area contributed by atoms with Gasteiger partial charge in [-0.1, -0.05) is 178 Å². The minimum Gasteiger partial charge on any atom is -0.276 e. The molecule has 2 nitrogen and oxygen atoms in total. The van der Waals surface area contributed by atoms with E-state index in [1.807, 2.05) is 29.7 Å². The molecule has 1 heterocycles. The van der Waals surface area contributed by atoms with Gasteiger partial charge in [0.1, 0.15) is 0 Å². The average molecular weight is 766 g/mol. The Kier molecular flexibility index (Phi) is 7.03. The van der Waals surface area contributed by atoms with E-state index in [1.165, 1.54) is 66.8 Å². The van der Waals surface area contributed by atoms with Gasteiger partial charge in [-0.2, -0.15) is 0 Å². The van der Waals surface area contributed by atoms with E-state index in [-0.39, 0.29) is 5.56 Å². The van der Waals surface area contributed by atoms with Crippen LogP contribution in [0.25, 0.3) is 67.7 Å². The second kappa shape index (κ2) is 12.2. The van der Waals surface area contributed by atoms with Crippen molar-refractivity contribution in [2.75, 3.05) is 0 Å². The summed E-state index contributed by atoms with van der Waals surface area (Å²) in [6, 6.07) is 55.2. The maximum Gasteiger partial charge on any atom is 0.263 e. The van der Waals surface area contributed by atoms with E-state index in [0.29, 0.717) is 5.56 Å². The summed E-state index contributed by atoms with van der Waals surface area (Å²) < 4.78 is 1.95. The fourth-order valence-corrected chi connectivity index (χ4v) is 11.8. The van der Waals surface area contributed by atoms with Crippen LogP contribution in [0.3, 0.4) is 0 Å². The van der Waals surface area contributed by atoms with Gasteiger partial charge in [0.25, 0.3) is 5.56 Å². The number of pyridine rings is 1. The summed E-state index contributed by atoms with van der Waals surface area (Å²) in [5, 5.41) is 0.968. The van der Waals surface area contributed by atoms with Gasteiger partial charge in [0.15, 0.2) is 0 Å². The van der Waals surface area contributed by atoms with Gasteiger partial charge in [-0.15, -0.1) is 0 Å². The first kappa shape index (κ1) is 34.5. The highest BCUT2D eigenvalue weighted by molar-refractivity contribution is 6.04. The number of rotatable bonds is 5. The number of fused-ring (bicyclic) bond motifs is 18. The first-order chi connectivity index (χ1) is 29.5. The molecule has 0 N–H and O–H groups in total. The van der Waals surface area contributed by atoms with Crippen LogP contribution < -0.4 is 5.56 Å². The van der Waals surface area contributed by atoms with Crippen molar-refractivity contribution >= 4 is 28.6 Å². The first-order valence-corrected chi connectivity index (χ1v) is 20.7. The second-order valence-electron chi connectivity index (χ2n) is 16.3. The van der Waals surface area contributed by atoms with Gasteiger partial charge in [0, 0.05) is 16.6 Å². The SMILES string of the molecule is C=CC1=C(C=C)C2(c3cc4c(cc31)c(/C=C\C)c(C=C)c(=O)n4-c1ccc3c(c1)C1(c4ccccc4-c4ccccc41)c1ccccc1-3)c1ccccc1-c1ccccc12. The molecule has 2 heteroatoms. The van der Waals surface area contributed by atoms with Gasteiger partial charge >= 0.3 is 0 Å². The molecule has 0 saturated carbocycles. The second-order valence-corrected chi connectivity index (χ2v) is 16.3. The normalized spacial score (nSPS) is 15.2. The van der Waals surface area contributed by atoms with E-state index in [2.05, 4.69) is 177 Å². The molecule has 0 unspecified atom stereocenters. The summed E-state index contributed by atoms with van der Waals surface area (Å²) in [6.45, 7) is 15.0. The Bertz CT molecular complexity index is 3310. The molecule has 0 fully saturated rings. The van der Waals surface area contributed by atoms with Gasteiger partial charge < -0.3 is 0 Å². The van der Waals surface area contributed by atoms with Crippen molar-refractivity contribution in [1.29, 1.82) is 0 Å². The van der Waals surface area contributed by atoms with Crippen LogP contribution in [0.1, 0.15) is 62.6 Å². The minimum atomic E-state index is -0.651. The number of hydrogen-bond acceptors (Lipinski definition) is 1. The van der Waals surface area contributed by atoms with Crippen LogP contribution >= 0.6 is 0 Å². The number of aromatic nitrogens is 1. The van der Waals surface area contributed by atoms with Crippen molar-refractivity contribution in [3.05, 3.63) is 261 Å². The largest absolute Gasteiger partial charge is 0.276 e. The third kappa shape index (κ3) is 3.92. The molecule has 0 atom stereocenters. The number of allylic oxidation sites excluding steroid dienone is 5. The van der Waals surface area contributed by atoms with Crippen LogP contribution in [0.5, 0.6) is 0 Å². The van der Waals surface area contributed by atoms with Gasteiger partial charge in [0.2, 0.25) is 0 Å². The molecule has 8 aromatic rings. The molecule has 60 heavy (non-hydrogen) atoms. The molecule has 7 aromatic carbocycles. The summed E-state index contributed by atoms with van der Waals surface area (Å²) in [6.07, 6.45) is 9.78. The molecule has 4 aliphatic carbocycles. The van der Waals surface area contributed by atoms with E-state index in [9.17, 15) is 0 Å². The van der Waals surface area contributed by atoms with Crippen molar-refractivity contribution in [3.63, 3.8) is 0 Å². The zero-order chi connectivity index (χ0) is 40.5. The molecule has 0 amide bonds. The molecule has 0 bridgehead atoms. The summed E-state index contributed by atoms with van der Waals surface area (Å²) in [7, 11) is 0. The highest BCUT2D eigenvalue weighted by Crippen LogP contribution is 2.64. The molecule has 1 aromatic heterocycles. The molecule has 282 valence electrons. The number of benzene rings is 7. The smallest absolute Gasteiger partial charge is 0.263 e. The predicted octanol–water partition coefficient (Wildman–Crippen LogP) is 13.5. The van der Waals surface area contributed by atoms with E-state index < -0.39 is 10.8 Å².